The van der Waals surface area contributed by atoms with E-state index < -0.39 is 0 Å². The third-order valence-electron chi connectivity index (χ3n) is 5.53. The lowest BCUT2D eigenvalue weighted by Crippen LogP contribution is -2.14. The van der Waals surface area contributed by atoms with Crippen LogP contribution in [0.25, 0.3) is 22.3 Å². The number of benzene rings is 3. The van der Waals surface area contributed by atoms with Crippen LogP contribution in [0, 0.1) is 0 Å². The molecule has 0 aromatic heterocycles. The summed E-state index contributed by atoms with van der Waals surface area (Å²) in [7, 11) is 0. The van der Waals surface area contributed by atoms with Gasteiger partial charge in [-0.15, -0.1) is 0 Å². The van der Waals surface area contributed by atoms with Crippen LogP contribution >= 0.6 is 0 Å². The highest BCUT2D eigenvalue weighted by atomic mass is 14.4. The zero-order valence-electron chi connectivity index (χ0n) is 13.0. The summed E-state index contributed by atoms with van der Waals surface area (Å²) in [5, 5.41) is 0. The Morgan fingerprint density at radius 1 is 0.682 bits per heavy atom. The Balaban J connectivity index is 1.88. The number of rotatable bonds is 0. The summed E-state index contributed by atoms with van der Waals surface area (Å²) >= 11 is 0. The second kappa shape index (κ2) is 3.89. The van der Waals surface area contributed by atoms with Crippen molar-refractivity contribution in [3.63, 3.8) is 0 Å². The van der Waals surface area contributed by atoms with Crippen molar-refractivity contribution in [2.45, 2.75) is 25.7 Å². The Labute approximate surface area is 131 Å². The van der Waals surface area contributed by atoms with Crippen LogP contribution in [-0.4, -0.2) is 0 Å². The Morgan fingerprint density at radius 3 is 2.27 bits per heavy atom. The minimum absolute atomic E-state index is 0.107. The molecule has 0 nitrogen and oxygen atoms in total. The monoisotopic (exact) mass is 282 g/mol. The molecule has 0 atom stereocenters. The van der Waals surface area contributed by atoms with Crippen molar-refractivity contribution in [3.05, 3.63) is 82.9 Å². The van der Waals surface area contributed by atoms with Gasteiger partial charge < -0.3 is 0 Å². The van der Waals surface area contributed by atoms with Crippen LogP contribution in [0.1, 0.15) is 36.1 Å². The first-order chi connectivity index (χ1) is 10.7. The van der Waals surface area contributed by atoms with Gasteiger partial charge in [-0.1, -0.05) is 74.5 Å². The lowest BCUT2D eigenvalue weighted by Gasteiger charge is -2.21. The standard InChI is InChI=1S/C22H18/c1-22(2)19-10-6-5-9-17(19)21-18-13-14-7-3-4-8-15(14)16(18)11-12-20(21)22/h3-12H,13H2,1-2H3. The van der Waals surface area contributed by atoms with Gasteiger partial charge in [-0.2, -0.15) is 0 Å². The molecule has 0 N–H and O–H groups in total. The fourth-order valence-corrected chi connectivity index (χ4v) is 4.43. The van der Waals surface area contributed by atoms with E-state index >= 15 is 0 Å². The van der Waals surface area contributed by atoms with Crippen LogP contribution in [0.3, 0.4) is 0 Å². The van der Waals surface area contributed by atoms with Gasteiger partial charge in [-0.3, -0.25) is 0 Å². The average molecular weight is 282 g/mol. The zero-order valence-corrected chi connectivity index (χ0v) is 13.0. The Morgan fingerprint density at radius 2 is 1.41 bits per heavy atom. The summed E-state index contributed by atoms with van der Waals surface area (Å²) < 4.78 is 0. The molecule has 0 saturated carbocycles. The minimum Gasteiger partial charge on any atom is -0.0619 e. The maximum absolute atomic E-state index is 2.36. The molecule has 0 saturated heterocycles. The van der Waals surface area contributed by atoms with Crippen LogP contribution in [0.4, 0.5) is 0 Å². The number of hydrogen-bond donors (Lipinski definition) is 0. The lowest BCUT2D eigenvalue weighted by molar-refractivity contribution is 0.660. The molecule has 0 fully saturated rings. The van der Waals surface area contributed by atoms with Gasteiger partial charge in [0.1, 0.15) is 0 Å². The molecule has 0 spiro atoms. The molecule has 0 aliphatic heterocycles. The maximum Gasteiger partial charge on any atom is 0.0158 e. The maximum atomic E-state index is 2.36. The average Bonchev–Trinajstić information content (AvgIpc) is 3.02. The van der Waals surface area contributed by atoms with Crippen molar-refractivity contribution >= 4 is 0 Å². The second-order valence-corrected chi connectivity index (χ2v) is 7.02. The van der Waals surface area contributed by atoms with Gasteiger partial charge in [0.05, 0.1) is 0 Å². The third-order valence-corrected chi connectivity index (χ3v) is 5.53. The van der Waals surface area contributed by atoms with Crippen molar-refractivity contribution in [2.75, 3.05) is 0 Å². The molecule has 0 radical (unpaired) electrons. The normalized spacial score (nSPS) is 15.9. The fraction of sp³-hybridized carbons (Fsp3) is 0.182. The van der Waals surface area contributed by atoms with E-state index in [4.69, 9.17) is 0 Å². The van der Waals surface area contributed by atoms with Crippen molar-refractivity contribution < 1.29 is 0 Å². The first kappa shape index (κ1) is 12.2. The van der Waals surface area contributed by atoms with Gasteiger partial charge in [0.15, 0.2) is 0 Å². The molecule has 2 aliphatic rings. The number of fused-ring (bicyclic) bond motifs is 7. The van der Waals surface area contributed by atoms with E-state index in [1.807, 2.05) is 0 Å². The lowest BCUT2D eigenvalue weighted by atomic mass is 9.82. The molecule has 5 rings (SSSR count). The fourth-order valence-electron chi connectivity index (χ4n) is 4.43. The molecule has 0 unspecified atom stereocenters. The van der Waals surface area contributed by atoms with Crippen LogP contribution in [0.5, 0.6) is 0 Å². The largest absolute Gasteiger partial charge is 0.0619 e. The first-order valence-corrected chi connectivity index (χ1v) is 8.02. The SMILES string of the molecule is CC1(C)c2ccccc2-c2c1ccc1c2Cc2ccccc2-1. The smallest absolute Gasteiger partial charge is 0.0158 e. The molecular formula is C22H18. The van der Waals surface area contributed by atoms with Crippen LogP contribution in [0.2, 0.25) is 0 Å². The Kier molecular flexibility index (Phi) is 2.16. The molecule has 106 valence electrons. The molecule has 2 aliphatic carbocycles. The van der Waals surface area contributed by atoms with E-state index in [1.54, 1.807) is 0 Å². The summed E-state index contributed by atoms with van der Waals surface area (Å²) in [6.07, 6.45) is 1.07. The molecule has 3 aromatic rings. The Hall–Kier alpha value is -2.34. The van der Waals surface area contributed by atoms with E-state index in [-0.39, 0.29) is 5.41 Å². The van der Waals surface area contributed by atoms with Crippen LogP contribution in [0.15, 0.2) is 60.7 Å². The molecule has 0 heterocycles. The van der Waals surface area contributed by atoms with E-state index in [1.165, 1.54) is 44.5 Å². The summed E-state index contributed by atoms with van der Waals surface area (Å²) in [5.41, 5.74) is 11.8. The highest BCUT2D eigenvalue weighted by molar-refractivity contribution is 5.91. The third kappa shape index (κ3) is 1.33. The van der Waals surface area contributed by atoms with Gasteiger partial charge >= 0.3 is 0 Å². The molecule has 0 amide bonds. The van der Waals surface area contributed by atoms with Crippen molar-refractivity contribution in [2.24, 2.45) is 0 Å². The Bertz CT molecular complexity index is 929. The van der Waals surface area contributed by atoms with Gasteiger partial charge in [0, 0.05) is 5.41 Å². The van der Waals surface area contributed by atoms with E-state index in [0.717, 1.165) is 6.42 Å². The summed E-state index contributed by atoms with van der Waals surface area (Å²) in [5.74, 6) is 0. The van der Waals surface area contributed by atoms with Crippen molar-refractivity contribution in [3.8, 4) is 22.3 Å². The predicted molar refractivity (Wildman–Crippen MR) is 92.2 cm³/mol. The zero-order chi connectivity index (χ0) is 14.9. The molecule has 3 aromatic carbocycles. The predicted octanol–water partition coefficient (Wildman–Crippen LogP) is 5.56. The van der Waals surface area contributed by atoms with E-state index in [9.17, 15) is 0 Å². The van der Waals surface area contributed by atoms with Crippen LogP contribution < -0.4 is 0 Å². The van der Waals surface area contributed by atoms with Gasteiger partial charge in [0.2, 0.25) is 0 Å². The van der Waals surface area contributed by atoms with E-state index in [2.05, 4.69) is 74.5 Å². The quantitative estimate of drug-likeness (QED) is 0.396. The van der Waals surface area contributed by atoms with E-state index in [0.29, 0.717) is 0 Å². The van der Waals surface area contributed by atoms with Gasteiger partial charge in [-0.05, 0) is 50.9 Å². The summed E-state index contributed by atoms with van der Waals surface area (Å²) in [4.78, 5) is 0. The van der Waals surface area contributed by atoms with Crippen molar-refractivity contribution in [1.82, 2.24) is 0 Å². The molecule has 22 heavy (non-hydrogen) atoms. The van der Waals surface area contributed by atoms with Gasteiger partial charge in [-0.25, -0.2) is 0 Å². The highest BCUT2D eigenvalue weighted by Gasteiger charge is 2.38. The second-order valence-electron chi connectivity index (χ2n) is 7.02. The topological polar surface area (TPSA) is 0 Å². The number of hydrogen-bond acceptors (Lipinski definition) is 0. The minimum atomic E-state index is 0.107. The summed E-state index contributed by atoms with van der Waals surface area (Å²) in [6, 6.07) is 22.5. The van der Waals surface area contributed by atoms with Gasteiger partial charge in [0.25, 0.3) is 0 Å². The highest BCUT2D eigenvalue weighted by Crippen LogP contribution is 2.53. The van der Waals surface area contributed by atoms with Crippen molar-refractivity contribution in [1.29, 1.82) is 0 Å². The van der Waals surface area contributed by atoms with Crippen LogP contribution in [-0.2, 0) is 11.8 Å². The molecule has 0 heteroatoms. The summed E-state index contributed by atoms with van der Waals surface area (Å²) in [6.45, 7) is 4.71. The molecule has 0 bridgehead atoms. The molecular weight excluding hydrogens is 264 g/mol. The first-order valence-electron chi connectivity index (χ1n) is 8.02.